The van der Waals surface area contributed by atoms with Crippen LogP contribution in [0.15, 0.2) is 36.4 Å². The van der Waals surface area contributed by atoms with E-state index < -0.39 is 5.97 Å². The second-order valence-corrected chi connectivity index (χ2v) is 5.83. The monoisotopic (exact) mass is 346 g/mol. The predicted molar refractivity (Wildman–Crippen MR) is 95.6 cm³/mol. The average Bonchev–Trinajstić information content (AvgIpc) is 2.54. The number of ether oxygens (including phenoxy) is 1. The topological polar surface area (TPSA) is 66.8 Å². The maximum atomic E-state index is 11.7. The van der Waals surface area contributed by atoms with E-state index in [2.05, 4.69) is 0 Å². The number of carboxylic acid groups (broad SMARTS) is 1. The molecule has 0 saturated heterocycles. The highest BCUT2D eigenvalue weighted by molar-refractivity contribution is 6.31. The SMILES string of the molecule is CCCOc1ccc(/C(=C/c2cc(Cl)ccc2O)C(=O)O)c(C)c1. The summed E-state index contributed by atoms with van der Waals surface area (Å²) in [4.78, 5) is 11.7. The van der Waals surface area contributed by atoms with Crippen molar-refractivity contribution >= 4 is 29.2 Å². The summed E-state index contributed by atoms with van der Waals surface area (Å²) in [5.41, 5.74) is 1.77. The van der Waals surface area contributed by atoms with Crippen molar-refractivity contribution in [2.45, 2.75) is 20.3 Å². The summed E-state index contributed by atoms with van der Waals surface area (Å²) in [6.45, 7) is 4.45. The first-order valence-electron chi connectivity index (χ1n) is 7.59. The van der Waals surface area contributed by atoms with Crippen LogP contribution in [0.25, 0.3) is 11.6 Å². The molecule has 0 aromatic heterocycles. The second-order valence-electron chi connectivity index (χ2n) is 5.39. The van der Waals surface area contributed by atoms with Gasteiger partial charge in [0.25, 0.3) is 0 Å². The first-order valence-corrected chi connectivity index (χ1v) is 7.97. The van der Waals surface area contributed by atoms with E-state index in [1.165, 1.54) is 18.2 Å². The molecule has 2 aromatic rings. The van der Waals surface area contributed by atoms with Crippen molar-refractivity contribution in [3.63, 3.8) is 0 Å². The fraction of sp³-hybridized carbons (Fsp3) is 0.211. The number of carbonyl (C=O) groups is 1. The van der Waals surface area contributed by atoms with Gasteiger partial charge in [-0.25, -0.2) is 4.79 Å². The molecule has 2 N–H and O–H groups in total. The lowest BCUT2D eigenvalue weighted by Crippen LogP contribution is -2.03. The van der Waals surface area contributed by atoms with Gasteiger partial charge in [-0.2, -0.15) is 0 Å². The third kappa shape index (κ3) is 4.30. The normalized spacial score (nSPS) is 11.4. The van der Waals surface area contributed by atoms with Crippen molar-refractivity contribution < 1.29 is 19.7 Å². The lowest BCUT2D eigenvalue weighted by atomic mass is 9.98. The van der Waals surface area contributed by atoms with Crippen molar-refractivity contribution in [1.82, 2.24) is 0 Å². The predicted octanol–water partition coefficient (Wildman–Crippen LogP) is 4.77. The Morgan fingerprint density at radius 3 is 2.62 bits per heavy atom. The lowest BCUT2D eigenvalue weighted by Gasteiger charge is -2.11. The van der Waals surface area contributed by atoms with Gasteiger partial charge in [-0.1, -0.05) is 24.6 Å². The molecule has 0 spiro atoms. The zero-order valence-electron chi connectivity index (χ0n) is 13.5. The average molecular weight is 347 g/mol. The standard InChI is InChI=1S/C19H19ClO4/c1-3-8-24-15-5-6-16(12(2)9-15)17(19(22)23)11-13-10-14(20)4-7-18(13)21/h4-7,9-11,21H,3,8H2,1-2H3,(H,22,23)/b17-11-. The van der Waals surface area contributed by atoms with Crippen LogP contribution in [-0.4, -0.2) is 22.8 Å². The Hall–Kier alpha value is -2.46. The molecule has 5 heteroatoms. The number of hydrogen-bond donors (Lipinski definition) is 2. The number of phenols is 1. The number of benzene rings is 2. The van der Waals surface area contributed by atoms with Gasteiger partial charge in [0.05, 0.1) is 12.2 Å². The minimum atomic E-state index is -1.08. The highest BCUT2D eigenvalue weighted by Gasteiger charge is 2.15. The summed E-state index contributed by atoms with van der Waals surface area (Å²) < 4.78 is 5.56. The summed E-state index contributed by atoms with van der Waals surface area (Å²) in [5, 5.41) is 19.9. The van der Waals surface area contributed by atoms with Crippen LogP contribution in [0.5, 0.6) is 11.5 Å². The van der Waals surface area contributed by atoms with Gasteiger partial charge in [0.1, 0.15) is 11.5 Å². The molecule has 0 amide bonds. The number of phenolic OH excluding ortho intramolecular Hbond substituents is 1. The van der Waals surface area contributed by atoms with E-state index in [0.717, 1.165) is 12.0 Å². The summed E-state index contributed by atoms with van der Waals surface area (Å²) in [6.07, 6.45) is 2.31. The van der Waals surface area contributed by atoms with Crippen LogP contribution in [0.3, 0.4) is 0 Å². The maximum absolute atomic E-state index is 11.7. The van der Waals surface area contributed by atoms with Gasteiger partial charge in [-0.05, 0) is 60.9 Å². The van der Waals surface area contributed by atoms with Crippen molar-refractivity contribution in [3.05, 3.63) is 58.1 Å². The van der Waals surface area contributed by atoms with Gasteiger partial charge < -0.3 is 14.9 Å². The highest BCUT2D eigenvalue weighted by Crippen LogP contribution is 2.29. The number of halogens is 1. The quantitative estimate of drug-likeness (QED) is 0.584. The largest absolute Gasteiger partial charge is 0.507 e. The molecule has 0 radical (unpaired) electrons. The first-order chi connectivity index (χ1) is 11.4. The second kappa shape index (κ2) is 7.88. The van der Waals surface area contributed by atoms with Gasteiger partial charge >= 0.3 is 5.97 Å². The van der Waals surface area contributed by atoms with Crippen LogP contribution >= 0.6 is 11.6 Å². The molecule has 0 fully saturated rings. The van der Waals surface area contributed by atoms with E-state index in [0.29, 0.717) is 28.5 Å². The summed E-state index contributed by atoms with van der Waals surface area (Å²) >= 11 is 5.92. The van der Waals surface area contributed by atoms with Crippen molar-refractivity contribution in [1.29, 1.82) is 0 Å². The van der Waals surface area contributed by atoms with Gasteiger partial charge in [-0.3, -0.25) is 0 Å². The van der Waals surface area contributed by atoms with Gasteiger partial charge in [0, 0.05) is 10.6 Å². The van der Waals surface area contributed by atoms with Gasteiger partial charge in [0.2, 0.25) is 0 Å². The minimum absolute atomic E-state index is 0.0290. The number of hydrogen-bond acceptors (Lipinski definition) is 3. The third-order valence-corrected chi connectivity index (χ3v) is 3.72. The highest BCUT2D eigenvalue weighted by atomic mass is 35.5. The Morgan fingerprint density at radius 1 is 1.25 bits per heavy atom. The number of aromatic hydroxyl groups is 1. The zero-order chi connectivity index (χ0) is 17.7. The van der Waals surface area contributed by atoms with E-state index in [9.17, 15) is 15.0 Å². The fourth-order valence-corrected chi connectivity index (χ4v) is 2.48. The molecule has 126 valence electrons. The molecule has 0 bridgehead atoms. The maximum Gasteiger partial charge on any atom is 0.336 e. The van der Waals surface area contributed by atoms with E-state index in [1.54, 1.807) is 24.3 Å². The van der Waals surface area contributed by atoms with Crippen LogP contribution in [-0.2, 0) is 4.79 Å². The number of aliphatic carboxylic acids is 1. The summed E-state index contributed by atoms with van der Waals surface area (Å²) in [7, 11) is 0. The van der Waals surface area contributed by atoms with Crippen LogP contribution in [0.2, 0.25) is 5.02 Å². The molecule has 0 atom stereocenters. The van der Waals surface area contributed by atoms with E-state index in [-0.39, 0.29) is 11.3 Å². The van der Waals surface area contributed by atoms with Crippen molar-refractivity contribution in [3.8, 4) is 11.5 Å². The van der Waals surface area contributed by atoms with Crippen LogP contribution in [0, 0.1) is 6.92 Å². The van der Waals surface area contributed by atoms with Crippen LogP contribution in [0.4, 0.5) is 0 Å². The molecule has 0 aliphatic carbocycles. The smallest absolute Gasteiger partial charge is 0.336 e. The molecule has 0 aliphatic rings. The number of aryl methyl sites for hydroxylation is 1. The lowest BCUT2D eigenvalue weighted by molar-refractivity contribution is -0.130. The van der Waals surface area contributed by atoms with E-state index in [4.69, 9.17) is 16.3 Å². The molecule has 4 nitrogen and oxygen atoms in total. The molecular formula is C19H19ClO4. The molecule has 0 saturated carbocycles. The van der Waals surface area contributed by atoms with E-state index in [1.807, 2.05) is 13.8 Å². The van der Waals surface area contributed by atoms with E-state index >= 15 is 0 Å². The molecule has 0 aliphatic heterocycles. The number of carboxylic acids is 1. The summed E-state index contributed by atoms with van der Waals surface area (Å²) in [6, 6.07) is 9.75. The number of rotatable bonds is 6. The Bertz CT molecular complexity index is 781. The van der Waals surface area contributed by atoms with Crippen LogP contribution in [0.1, 0.15) is 30.0 Å². The summed E-state index contributed by atoms with van der Waals surface area (Å²) in [5.74, 6) is -0.410. The minimum Gasteiger partial charge on any atom is -0.507 e. The molecule has 24 heavy (non-hydrogen) atoms. The first kappa shape index (κ1) is 17.9. The van der Waals surface area contributed by atoms with Crippen LogP contribution < -0.4 is 4.74 Å². The fourth-order valence-electron chi connectivity index (χ4n) is 2.30. The Kier molecular flexibility index (Phi) is 5.88. The molecule has 0 heterocycles. The third-order valence-electron chi connectivity index (χ3n) is 3.48. The van der Waals surface area contributed by atoms with Crippen molar-refractivity contribution in [2.24, 2.45) is 0 Å². The Labute approximate surface area is 146 Å². The molecule has 0 unspecified atom stereocenters. The molecular weight excluding hydrogens is 328 g/mol. The zero-order valence-corrected chi connectivity index (χ0v) is 14.3. The molecule has 2 aromatic carbocycles. The van der Waals surface area contributed by atoms with Gasteiger partial charge in [0.15, 0.2) is 0 Å². The Balaban J connectivity index is 2.46. The molecule has 2 rings (SSSR count). The van der Waals surface area contributed by atoms with Gasteiger partial charge in [-0.15, -0.1) is 0 Å². The van der Waals surface area contributed by atoms with Crippen molar-refractivity contribution in [2.75, 3.05) is 6.61 Å². The Morgan fingerprint density at radius 2 is 2.00 bits per heavy atom.